The lowest BCUT2D eigenvalue weighted by Gasteiger charge is -2.21. The zero-order valence-electron chi connectivity index (χ0n) is 24.2. The number of carbonyl (C=O) groups is 2. The van der Waals surface area contributed by atoms with E-state index in [1.807, 2.05) is 49.4 Å². The molecule has 0 aliphatic heterocycles. The molecule has 2 aromatic carbocycles. The minimum absolute atomic E-state index is 0.0171. The van der Waals surface area contributed by atoms with Crippen molar-refractivity contribution in [2.24, 2.45) is 5.92 Å². The van der Waals surface area contributed by atoms with Gasteiger partial charge in [0.15, 0.2) is 0 Å². The quantitative estimate of drug-likeness (QED) is 0.213. The minimum atomic E-state index is -5.08. The summed E-state index contributed by atoms with van der Waals surface area (Å²) in [5.41, 5.74) is 3.16. The fourth-order valence-electron chi connectivity index (χ4n) is 3.92. The van der Waals surface area contributed by atoms with Crippen LogP contribution in [0.15, 0.2) is 60.7 Å². The number of methoxy groups -OCH3 is 1. The van der Waals surface area contributed by atoms with E-state index in [1.54, 1.807) is 7.11 Å². The zero-order valence-corrected chi connectivity index (χ0v) is 24.2. The van der Waals surface area contributed by atoms with Gasteiger partial charge >= 0.3 is 12.1 Å². The molecule has 9 nitrogen and oxygen atoms in total. The molecule has 0 aliphatic rings. The lowest BCUT2D eigenvalue weighted by molar-refractivity contribution is -0.192. The highest BCUT2D eigenvalue weighted by Gasteiger charge is 2.38. The predicted molar refractivity (Wildman–Crippen MR) is 156 cm³/mol. The summed E-state index contributed by atoms with van der Waals surface area (Å²) in [7, 11) is 1.68. The van der Waals surface area contributed by atoms with Gasteiger partial charge in [-0.05, 0) is 49.3 Å². The SMILES string of the molecule is COc1ccccc1CCNc1nc(C)cc(N[C@@H](CC(C)C)C(=O)NCCc2ccccc2)n1.O=C(O)C(F)(F)F. The number of rotatable bonds is 13. The van der Waals surface area contributed by atoms with E-state index in [2.05, 4.69) is 58.0 Å². The zero-order chi connectivity index (χ0) is 31.1. The number of aromatic nitrogens is 2. The lowest BCUT2D eigenvalue weighted by Crippen LogP contribution is -2.41. The Kier molecular flexibility index (Phi) is 13.5. The first-order valence-corrected chi connectivity index (χ1v) is 13.5. The largest absolute Gasteiger partial charge is 0.496 e. The number of benzene rings is 2. The molecule has 1 atom stereocenters. The molecular formula is C30H38F3N5O4. The molecule has 12 heteroatoms. The second kappa shape index (κ2) is 16.8. The summed E-state index contributed by atoms with van der Waals surface area (Å²) in [6.07, 6.45) is -2.80. The lowest BCUT2D eigenvalue weighted by atomic mass is 10.0. The van der Waals surface area contributed by atoms with Gasteiger partial charge in [-0.25, -0.2) is 9.78 Å². The number of aryl methyl sites for hydroxylation is 1. The van der Waals surface area contributed by atoms with Crippen LogP contribution in [0.5, 0.6) is 5.75 Å². The van der Waals surface area contributed by atoms with Gasteiger partial charge < -0.3 is 25.8 Å². The number of nitrogens with zero attached hydrogens (tertiary/aromatic N) is 2. The van der Waals surface area contributed by atoms with Gasteiger partial charge in [0, 0.05) is 24.8 Å². The Balaban J connectivity index is 0.000000782. The minimum Gasteiger partial charge on any atom is -0.496 e. The Hall–Kier alpha value is -4.35. The van der Waals surface area contributed by atoms with Crippen molar-refractivity contribution in [3.63, 3.8) is 0 Å². The molecule has 4 N–H and O–H groups in total. The van der Waals surface area contributed by atoms with Crippen molar-refractivity contribution in [3.05, 3.63) is 77.5 Å². The first kappa shape index (κ1) is 33.9. The molecule has 0 unspecified atom stereocenters. The number of anilines is 2. The van der Waals surface area contributed by atoms with Gasteiger partial charge in [-0.15, -0.1) is 0 Å². The number of aliphatic carboxylic acids is 1. The van der Waals surface area contributed by atoms with Crippen molar-refractivity contribution in [2.75, 3.05) is 30.8 Å². The molecule has 42 heavy (non-hydrogen) atoms. The van der Waals surface area contributed by atoms with Crippen molar-refractivity contribution < 1.29 is 32.6 Å². The Morgan fingerprint density at radius 1 is 0.976 bits per heavy atom. The van der Waals surface area contributed by atoms with Crippen LogP contribution >= 0.6 is 0 Å². The normalized spacial score (nSPS) is 11.6. The highest BCUT2D eigenvalue weighted by molar-refractivity contribution is 5.84. The van der Waals surface area contributed by atoms with E-state index in [9.17, 15) is 18.0 Å². The topological polar surface area (TPSA) is 125 Å². The van der Waals surface area contributed by atoms with E-state index < -0.39 is 12.1 Å². The average molecular weight is 590 g/mol. The number of hydrogen-bond donors (Lipinski definition) is 4. The summed E-state index contributed by atoms with van der Waals surface area (Å²) < 4.78 is 37.2. The number of halogens is 3. The second-order valence-corrected chi connectivity index (χ2v) is 9.86. The summed E-state index contributed by atoms with van der Waals surface area (Å²) in [6.45, 7) is 7.41. The average Bonchev–Trinajstić information content (AvgIpc) is 2.93. The summed E-state index contributed by atoms with van der Waals surface area (Å²) in [5.74, 6) is -0.370. The Morgan fingerprint density at radius 2 is 1.62 bits per heavy atom. The number of hydrogen-bond acceptors (Lipinski definition) is 7. The van der Waals surface area contributed by atoms with Crippen LogP contribution in [0.3, 0.4) is 0 Å². The Bertz CT molecular complexity index is 1270. The van der Waals surface area contributed by atoms with Crippen LogP contribution < -0.4 is 20.7 Å². The molecule has 228 valence electrons. The van der Waals surface area contributed by atoms with Crippen LogP contribution in [-0.2, 0) is 22.4 Å². The van der Waals surface area contributed by atoms with Gasteiger partial charge in [-0.3, -0.25) is 4.79 Å². The summed E-state index contributed by atoms with van der Waals surface area (Å²) in [4.78, 5) is 31.0. The molecule has 0 spiro atoms. The van der Waals surface area contributed by atoms with Crippen molar-refractivity contribution in [3.8, 4) is 5.75 Å². The van der Waals surface area contributed by atoms with Crippen molar-refractivity contribution >= 4 is 23.6 Å². The smallest absolute Gasteiger partial charge is 0.490 e. The number of ether oxygens (including phenoxy) is 1. The highest BCUT2D eigenvalue weighted by Crippen LogP contribution is 2.19. The molecule has 1 heterocycles. The maximum atomic E-state index is 13.0. The van der Waals surface area contributed by atoms with E-state index in [4.69, 9.17) is 14.6 Å². The number of para-hydroxylation sites is 1. The second-order valence-electron chi connectivity index (χ2n) is 9.86. The van der Waals surface area contributed by atoms with Crippen molar-refractivity contribution in [1.82, 2.24) is 15.3 Å². The number of carboxylic acid groups (broad SMARTS) is 1. The third kappa shape index (κ3) is 12.4. The van der Waals surface area contributed by atoms with E-state index >= 15 is 0 Å². The first-order valence-electron chi connectivity index (χ1n) is 13.5. The van der Waals surface area contributed by atoms with Gasteiger partial charge in [-0.1, -0.05) is 62.4 Å². The van der Waals surface area contributed by atoms with Crippen LogP contribution in [0, 0.1) is 12.8 Å². The molecule has 0 saturated carbocycles. The molecule has 3 aromatic rings. The maximum Gasteiger partial charge on any atom is 0.490 e. The molecule has 1 amide bonds. The first-order chi connectivity index (χ1) is 19.9. The molecule has 1 aromatic heterocycles. The van der Waals surface area contributed by atoms with Gasteiger partial charge in [0.1, 0.15) is 17.6 Å². The standard InChI is InChI=1S/C28H37N5O2.C2HF3O2/c1-20(2)18-24(27(34)29-16-14-22-10-6-5-7-11-22)32-26-19-21(3)31-28(33-26)30-17-15-23-12-8-9-13-25(23)35-4;3-2(4,5)1(6)7/h5-13,19-20,24H,14-18H2,1-4H3,(H,29,34)(H2,30,31,32,33);(H,6,7)/t24-;/m0./s1. The van der Waals surface area contributed by atoms with Crippen LogP contribution in [-0.4, -0.2) is 59.4 Å². The van der Waals surface area contributed by atoms with Crippen molar-refractivity contribution in [1.29, 1.82) is 0 Å². The van der Waals surface area contributed by atoms with E-state index in [0.29, 0.717) is 37.2 Å². The molecular weight excluding hydrogens is 551 g/mol. The van der Waals surface area contributed by atoms with Gasteiger partial charge in [0.25, 0.3) is 0 Å². The molecule has 0 fully saturated rings. The van der Waals surface area contributed by atoms with Crippen molar-refractivity contribution in [2.45, 2.75) is 52.3 Å². The molecule has 0 saturated heterocycles. The third-order valence-electron chi connectivity index (χ3n) is 5.87. The number of carbonyl (C=O) groups excluding carboxylic acids is 1. The number of amides is 1. The fraction of sp³-hybridized carbons (Fsp3) is 0.400. The maximum absolute atomic E-state index is 13.0. The van der Waals surface area contributed by atoms with E-state index in [-0.39, 0.29) is 11.9 Å². The van der Waals surface area contributed by atoms with E-state index in [0.717, 1.165) is 29.8 Å². The van der Waals surface area contributed by atoms with E-state index in [1.165, 1.54) is 5.56 Å². The van der Waals surface area contributed by atoms with Gasteiger partial charge in [0.05, 0.1) is 7.11 Å². The summed E-state index contributed by atoms with van der Waals surface area (Å²) >= 11 is 0. The molecule has 3 rings (SSSR count). The Morgan fingerprint density at radius 3 is 2.24 bits per heavy atom. The number of alkyl halides is 3. The summed E-state index contributed by atoms with van der Waals surface area (Å²) in [5, 5.41) is 16.8. The number of nitrogens with one attached hydrogen (secondary N) is 3. The molecule has 0 aliphatic carbocycles. The fourth-order valence-corrected chi connectivity index (χ4v) is 3.92. The van der Waals surface area contributed by atoms with Crippen LogP contribution in [0.1, 0.15) is 37.1 Å². The highest BCUT2D eigenvalue weighted by atomic mass is 19.4. The number of carboxylic acids is 1. The summed E-state index contributed by atoms with van der Waals surface area (Å²) in [6, 6.07) is 19.6. The molecule has 0 bridgehead atoms. The monoisotopic (exact) mass is 589 g/mol. The van der Waals surface area contributed by atoms with Gasteiger partial charge in [-0.2, -0.15) is 18.2 Å². The van der Waals surface area contributed by atoms with Crippen LogP contribution in [0.25, 0.3) is 0 Å². The third-order valence-corrected chi connectivity index (χ3v) is 5.87. The molecule has 0 radical (unpaired) electrons. The van der Waals surface area contributed by atoms with Gasteiger partial charge in [0.2, 0.25) is 11.9 Å². The van der Waals surface area contributed by atoms with Crippen LogP contribution in [0.4, 0.5) is 24.9 Å². The van der Waals surface area contributed by atoms with Crippen LogP contribution in [0.2, 0.25) is 0 Å². The Labute approximate surface area is 243 Å². The predicted octanol–water partition coefficient (Wildman–Crippen LogP) is 5.27.